The monoisotopic (exact) mass is 295 g/mol. The summed E-state index contributed by atoms with van der Waals surface area (Å²) in [6, 6.07) is -0.412. The summed E-state index contributed by atoms with van der Waals surface area (Å²) in [6.07, 6.45) is 1.30. The SMILES string of the molecule is CCCc1c(C(=O)OC)nnn1CC(=O)N1CCNC1=O. The predicted molar refractivity (Wildman–Crippen MR) is 70.5 cm³/mol. The van der Waals surface area contributed by atoms with E-state index in [0.29, 0.717) is 25.2 Å². The molecule has 1 saturated heterocycles. The second kappa shape index (κ2) is 6.33. The van der Waals surface area contributed by atoms with Crippen LogP contribution in [0.15, 0.2) is 0 Å². The smallest absolute Gasteiger partial charge is 0.360 e. The Bertz CT molecular complexity index is 568. The molecule has 1 fully saturated rings. The molecule has 1 N–H and O–H groups in total. The molecule has 1 aromatic rings. The van der Waals surface area contributed by atoms with Gasteiger partial charge in [0.25, 0.3) is 5.91 Å². The summed E-state index contributed by atoms with van der Waals surface area (Å²) in [7, 11) is 1.26. The maximum Gasteiger partial charge on any atom is 0.360 e. The molecule has 0 spiro atoms. The van der Waals surface area contributed by atoms with Crippen LogP contribution >= 0.6 is 0 Å². The van der Waals surface area contributed by atoms with Crippen molar-refractivity contribution >= 4 is 17.9 Å². The van der Waals surface area contributed by atoms with Crippen LogP contribution < -0.4 is 5.32 Å². The van der Waals surface area contributed by atoms with E-state index >= 15 is 0 Å². The average molecular weight is 295 g/mol. The van der Waals surface area contributed by atoms with Gasteiger partial charge in [0, 0.05) is 13.1 Å². The minimum atomic E-state index is -0.587. The Balaban J connectivity index is 2.19. The van der Waals surface area contributed by atoms with E-state index in [2.05, 4.69) is 20.4 Å². The molecule has 1 aliphatic rings. The normalized spacial score (nSPS) is 14.2. The molecule has 3 amide bonds. The molecule has 0 bridgehead atoms. The highest BCUT2D eigenvalue weighted by Gasteiger charge is 2.28. The maximum atomic E-state index is 12.1. The molecule has 0 radical (unpaired) electrons. The minimum Gasteiger partial charge on any atom is -0.464 e. The number of hydrogen-bond acceptors (Lipinski definition) is 6. The van der Waals surface area contributed by atoms with Gasteiger partial charge in [-0.25, -0.2) is 14.3 Å². The standard InChI is InChI=1S/C12H17N5O4/c1-3-4-8-10(11(19)21-2)14-15-17(8)7-9(18)16-6-5-13-12(16)20/h3-7H2,1-2H3,(H,13,20). The van der Waals surface area contributed by atoms with E-state index in [1.807, 2.05) is 6.92 Å². The summed E-state index contributed by atoms with van der Waals surface area (Å²) >= 11 is 0. The first-order valence-corrected chi connectivity index (χ1v) is 6.67. The van der Waals surface area contributed by atoms with Crippen molar-refractivity contribution in [3.05, 3.63) is 11.4 Å². The van der Waals surface area contributed by atoms with Gasteiger partial charge in [-0.3, -0.25) is 9.69 Å². The van der Waals surface area contributed by atoms with Gasteiger partial charge in [0.2, 0.25) is 0 Å². The minimum absolute atomic E-state index is 0.109. The number of methoxy groups -OCH3 is 1. The van der Waals surface area contributed by atoms with E-state index < -0.39 is 12.0 Å². The summed E-state index contributed by atoms with van der Waals surface area (Å²) in [5.41, 5.74) is 0.648. The molecule has 1 aliphatic heterocycles. The summed E-state index contributed by atoms with van der Waals surface area (Å²) in [5, 5.41) is 10.2. The van der Waals surface area contributed by atoms with Crippen LogP contribution in [0.4, 0.5) is 4.79 Å². The topological polar surface area (TPSA) is 106 Å². The highest BCUT2D eigenvalue weighted by Crippen LogP contribution is 2.11. The van der Waals surface area contributed by atoms with Gasteiger partial charge >= 0.3 is 12.0 Å². The summed E-state index contributed by atoms with van der Waals surface area (Å²) in [6.45, 7) is 2.58. The number of amides is 3. The highest BCUT2D eigenvalue weighted by atomic mass is 16.5. The lowest BCUT2D eigenvalue weighted by Crippen LogP contribution is -2.37. The van der Waals surface area contributed by atoms with Crippen LogP contribution in [0.2, 0.25) is 0 Å². The third kappa shape index (κ3) is 3.01. The maximum absolute atomic E-state index is 12.1. The number of carbonyl (C=O) groups excluding carboxylic acids is 3. The first-order chi connectivity index (χ1) is 10.1. The van der Waals surface area contributed by atoms with Crippen LogP contribution in [0.1, 0.15) is 29.5 Å². The summed E-state index contributed by atoms with van der Waals surface area (Å²) < 4.78 is 6.00. The van der Waals surface area contributed by atoms with E-state index in [0.717, 1.165) is 11.3 Å². The molecule has 0 aliphatic carbocycles. The fraction of sp³-hybridized carbons (Fsp3) is 0.583. The highest BCUT2D eigenvalue weighted by molar-refractivity contribution is 5.95. The average Bonchev–Trinajstić information content (AvgIpc) is 3.06. The molecule has 0 atom stereocenters. The zero-order valence-electron chi connectivity index (χ0n) is 12.0. The van der Waals surface area contributed by atoms with Gasteiger partial charge in [-0.05, 0) is 6.42 Å². The molecule has 9 nitrogen and oxygen atoms in total. The zero-order chi connectivity index (χ0) is 15.4. The van der Waals surface area contributed by atoms with E-state index in [1.165, 1.54) is 11.8 Å². The number of nitrogens with one attached hydrogen (secondary N) is 1. The van der Waals surface area contributed by atoms with Crippen LogP contribution in [0.5, 0.6) is 0 Å². The second-order valence-corrected chi connectivity index (χ2v) is 4.56. The van der Waals surface area contributed by atoms with Crippen molar-refractivity contribution < 1.29 is 19.1 Å². The van der Waals surface area contributed by atoms with Crippen molar-refractivity contribution in [2.45, 2.75) is 26.3 Å². The molecule has 1 aromatic heterocycles. The molecule has 21 heavy (non-hydrogen) atoms. The summed E-state index contributed by atoms with van der Waals surface area (Å²) in [5.74, 6) is -0.972. The number of esters is 1. The molecule has 0 unspecified atom stereocenters. The number of rotatable bonds is 5. The quantitative estimate of drug-likeness (QED) is 0.739. The third-order valence-electron chi connectivity index (χ3n) is 3.15. The van der Waals surface area contributed by atoms with E-state index in [1.54, 1.807) is 0 Å². The van der Waals surface area contributed by atoms with Crippen LogP contribution in [-0.4, -0.2) is 58.0 Å². The van der Waals surface area contributed by atoms with Crippen LogP contribution in [0.25, 0.3) is 0 Å². The second-order valence-electron chi connectivity index (χ2n) is 4.56. The Morgan fingerprint density at radius 2 is 2.19 bits per heavy atom. The van der Waals surface area contributed by atoms with Gasteiger partial charge in [-0.15, -0.1) is 5.10 Å². The van der Waals surface area contributed by atoms with Gasteiger partial charge in [0.05, 0.1) is 12.8 Å². The number of imide groups is 1. The van der Waals surface area contributed by atoms with Gasteiger partial charge < -0.3 is 10.1 Å². The van der Waals surface area contributed by atoms with Crippen molar-refractivity contribution in [2.24, 2.45) is 0 Å². The lowest BCUT2D eigenvalue weighted by atomic mass is 10.2. The number of urea groups is 1. The van der Waals surface area contributed by atoms with Crippen molar-refractivity contribution in [1.82, 2.24) is 25.2 Å². The van der Waals surface area contributed by atoms with Gasteiger partial charge in [-0.2, -0.15) is 0 Å². The van der Waals surface area contributed by atoms with Gasteiger partial charge in [0.1, 0.15) is 6.54 Å². The number of aromatic nitrogens is 3. The lowest BCUT2D eigenvalue weighted by Gasteiger charge is -2.13. The fourth-order valence-corrected chi connectivity index (χ4v) is 2.12. The number of carbonyl (C=O) groups is 3. The molecular weight excluding hydrogens is 278 g/mol. The Labute approximate surface area is 121 Å². The van der Waals surface area contributed by atoms with Gasteiger partial charge in [0.15, 0.2) is 5.69 Å². The van der Waals surface area contributed by atoms with Crippen molar-refractivity contribution in [2.75, 3.05) is 20.2 Å². The van der Waals surface area contributed by atoms with Crippen molar-refractivity contribution in [3.63, 3.8) is 0 Å². The lowest BCUT2D eigenvalue weighted by molar-refractivity contribution is -0.128. The molecule has 0 aromatic carbocycles. The fourth-order valence-electron chi connectivity index (χ4n) is 2.12. The Morgan fingerprint density at radius 3 is 2.76 bits per heavy atom. The van der Waals surface area contributed by atoms with Crippen LogP contribution in [0, 0.1) is 0 Å². The molecule has 0 saturated carbocycles. The van der Waals surface area contributed by atoms with Crippen LogP contribution in [0.3, 0.4) is 0 Å². The molecule has 114 valence electrons. The first kappa shape index (κ1) is 14.9. The Hall–Kier alpha value is -2.45. The third-order valence-corrected chi connectivity index (χ3v) is 3.15. The number of hydrogen-bond donors (Lipinski definition) is 1. The molecular formula is C12H17N5O4. The zero-order valence-corrected chi connectivity index (χ0v) is 12.0. The van der Waals surface area contributed by atoms with Gasteiger partial charge in [-0.1, -0.05) is 18.6 Å². The first-order valence-electron chi connectivity index (χ1n) is 6.67. The van der Waals surface area contributed by atoms with Crippen molar-refractivity contribution in [1.29, 1.82) is 0 Å². The molecule has 9 heteroatoms. The van der Waals surface area contributed by atoms with Crippen molar-refractivity contribution in [3.8, 4) is 0 Å². The van der Waals surface area contributed by atoms with E-state index in [4.69, 9.17) is 0 Å². The summed E-state index contributed by atoms with van der Waals surface area (Å²) in [4.78, 5) is 36.3. The van der Waals surface area contributed by atoms with E-state index in [-0.39, 0.29) is 18.1 Å². The Kier molecular flexibility index (Phi) is 4.51. The van der Waals surface area contributed by atoms with Crippen LogP contribution in [-0.2, 0) is 22.5 Å². The molecule has 2 rings (SSSR count). The Morgan fingerprint density at radius 1 is 1.43 bits per heavy atom. The van der Waals surface area contributed by atoms with E-state index in [9.17, 15) is 14.4 Å². The largest absolute Gasteiger partial charge is 0.464 e. The molecule has 2 heterocycles. The number of nitrogens with zero attached hydrogens (tertiary/aromatic N) is 4. The predicted octanol–water partition coefficient (Wildman–Crippen LogP) is -0.431. The number of ether oxygens (including phenoxy) is 1.